The van der Waals surface area contributed by atoms with Crippen molar-refractivity contribution in [2.45, 2.75) is 38.5 Å². The van der Waals surface area contributed by atoms with Gasteiger partial charge in [0.15, 0.2) is 5.17 Å². The number of halogens is 1. The third-order valence-corrected chi connectivity index (χ3v) is 6.14. The predicted molar refractivity (Wildman–Crippen MR) is 117 cm³/mol. The monoisotopic (exact) mass is 443 g/mol. The van der Waals surface area contributed by atoms with Gasteiger partial charge in [-0.2, -0.15) is 5.10 Å². The number of carbonyl (C=O) groups is 1. The standard InChI is InChI=1S/C21H22BrN3OS/c1-3-6-19-20(26)25(14-17-8-5-4-7-15(17)2)21(27-19)24-23-13-16-9-11-18(22)12-10-16/h4-5,7-13,19H,3,6,14H2,1-2H3/b23-13-,24-21+/t19-/m0/s1. The van der Waals surface area contributed by atoms with E-state index in [-0.39, 0.29) is 11.2 Å². The van der Waals surface area contributed by atoms with Crippen LogP contribution >= 0.6 is 27.7 Å². The lowest BCUT2D eigenvalue weighted by Crippen LogP contribution is -2.31. The second-order valence-electron chi connectivity index (χ2n) is 6.42. The van der Waals surface area contributed by atoms with Gasteiger partial charge in [0.2, 0.25) is 5.91 Å². The summed E-state index contributed by atoms with van der Waals surface area (Å²) in [6, 6.07) is 16.0. The van der Waals surface area contributed by atoms with Crippen LogP contribution in [0.25, 0.3) is 0 Å². The molecule has 1 aliphatic heterocycles. The molecular formula is C21H22BrN3OS. The Morgan fingerprint density at radius 1 is 1.19 bits per heavy atom. The fourth-order valence-corrected chi connectivity index (χ4v) is 4.31. The zero-order chi connectivity index (χ0) is 19.2. The first-order chi connectivity index (χ1) is 13.1. The summed E-state index contributed by atoms with van der Waals surface area (Å²) in [6.07, 6.45) is 3.53. The van der Waals surface area contributed by atoms with Gasteiger partial charge in [0.1, 0.15) is 0 Å². The summed E-state index contributed by atoms with van der Waals surface area (Å²) in [4.78, 5) is 14.6. The number of amidine groups is 1. The summed E-state index contributed by atoms with van der Waals surface area (Å²) >= 11 is 4.94. The van der Waals surface area contributed by atoms with E-state index in [1.54, 1.807) is 11.1 Å². The van der Waals surface area contributed by atoms with Crippen molar-refractivity contribution in [1.82, 2.24) is 4.90 Å². The van der Waals surface area contributed by atoms with Crippen LogP contribution in [0.15, 0.2) is 63.2 Å². The lowest BCUT2D eigenvalue weighted by Gasteiger charge is -2.17. The van der Waals surface area contributed by atoms with Crippen molar-refractivity contribution in [3.05, 3.63) is 69.7 Å². The zero-order valence-corrected chi connectivity index (χ0v) is 17.8. The molecule has 3 rings (SSSR count). The molecule has 140 valence electrons. The number of nitrogens with zero attached hydrogens (tertiary/aromatic N) is 3. The Balaban J connectivity index is 1.82. The predicted octanol–water partition coefficient (Wildman–Crippen LogP) is 5.39. The minimum Gasteiger partial charge on any atom is -0.284 e. The van der Waals surface area contributed by atoms with E-state index in [1.165, 1.54) is 17.3 Å². The quantitative estimate of drug-likeness (QED) is 0.443. The number of thioether (sulfide) groups is 1. The van der Waals surface area contributed by atoms with Gasteiger partial charge in [-0.3, -0.25) is 9.69 Å². The van der Waals surface area contributed by atoms with Gasteiger partial charge in [0.05, 0.1) is 18.0 Å². The van der Waals surface area contributed by atoms with E-state index in [4.69, 9.17) is 0 Å². The average molecular weight is 444 g/mol. The first-order valence-corrected chi connectivity index (χ1v) is 10.6. The van der Waals surface area contributed by atoms with Crippen LogP contribution in [0.1, 0.15) is 36.5 Å². The van der Waals surface area contributed by atoms with Crippen molar-refractivity contribution in [3.8, 4) is 0 Å². The number of amides is 1. The SMILES string of the molecule is CCC[C@@H]1S/C(=N/N=C\c2ccc(Br)cc2)N(Cc2ccccc2C)C1=O. The number of hydrogen-bond acceptors (Lipinski definition) is 4. The van der Waals surface area contributed by atoms with Crippen molar-refractivity contribution in [2.24, 2.45) is 10.2 Å². The van der Waals surface area contributed by atoms with Crippen LogP contribution in [0.4, 0.5) is 0 Å². The Kier molecular flexibility index (Phi) is 6.85. The van der Waals surface area contributed by atoms with Crippen molar-refractivity contribution < 1.29 is 4.79 Å². The van der Waals surface area contributed by atoms with E-state index in [2.05, 4.69) is 52.1 Å². The van der Waals surface area contributed by atoms with Crippen LogP contribution in [0.2, 0.25) is 0 Å². The molecule has 1 amide bonds. The van der Waals surface area contributed by atoms with E-state index in [0.29, 0.717) is 11.7 Å². The highest BCUT2D eigenvalue weighted by atomic mass is 79.9. The van der Waals surface area contributed by atoms with Crippen molar-refractivity contribution >= 4 is 45.0 Å². The van der Waals surface area contributed by atoms with Crippen LogP contribution < -0.4 is 0 Å². The molecule has 0 unspecified atom stereocenters. The van der Waals surface area contributed by atoms with Gasteiger partial charge in [-0.15, -0.1) is 5.10 Å². The van der Waals surface area contributed by atoms with Gasteiger partial charge < -0.3 is 0 Å². The summed E-state index contributed by atoms with van der Waals surface area (Å²) in [5.41, 5.74) is 3.27. The van der Waals surface area contributed by atoms with E-state index >= 15 is 0 Å². The molecule has 1 saturated heterocycles. The van der Waals surface area contributed by atoms with E-state index < -0.39 is 0 Å². The summed E-state index contributed by atoms with van der Waals surface area (Å²) in [5.74, 6) is 0.127. The fraction of sp³-hybridized carbons (Fsp3) is 0.286. The number of carbonyl (C=O) groups excluding carboxylic acids is 1. The van der Waals surface area contributed by atoms with Gasteiger partial charge in [0.25, 0.3) is 0 Å². The molecule has 1 heterocycles. The van der Waals surface area contributed by atoms with Crippen LogP contribution in [0.3, 0.4) is 0 Å². The lowest BCUT2D eigenvalue weighted by molar-refractivity contribution is -0.126. The summed E-state index contributed by atoms with van der Waals surface area (Å²) in [6.45, 7) is 4.70. The van der Waals surface area contributed by atoms with Crippen LogP contribution in [-0.4, -0.2) is 27.4 Å². The molecule has 4 nitrogen and oxygen atoms in total. The highest BCUT2D eigenvalue weighted by Gasteiger charge is 2.37. The number of aryl methyl sites for hydroxylation is 1. The molecule has 1 atom stereocenters. The highest BCUT2D eigenvalue weighted by molar-refractivity contribution is 9.10. The first-order valence-electron chi connectivity index (χ1n) is 8.97. The number of benzene rings is 2. The van der Waals surface area contributed by atoms with Crippen LogP contribution in [-0.2, 0) is 11.3 Å². The molecule has 27 heavy (non-hydrogen) atoms. The summed E-state index contributed by atoms with van der Waals surface area (Å²) < 4.78 is 1.02. The second-order valence-corrected chi connectivity index (χ2v) is 8.51. The Labute approximate surface area is 172 Å². The van der Waals surface area contributed by atoms with Crippen molar-refractivity contribution in [2.75, 3.05) is 0 Å². The maximum atomic E-state index is 12.9. The van der Waals surface area contributed by atoms with Gasteiger partial charge in [0, 0.05) is 4.47 Å². The molecule has 2 aromatic rings. The minimum absolute atomic E-state index is 0.0688. The van der Waals surface area contributed by atoms with Crippen LogP contribution in [0, 0.1) is 6.92 Å². The molecule has 1 aliphatic rings. The number of hydrogen-bond donors (Lipinski definition) is 0. The molecule has 6 heteroatoms. The average Bonchev–Trinajstić information content (AvgIpc) is 2.95. The molecule has 0 spiro atoms. The smallest absolute Gasteiger partial charge is 0.242 e. The largest absolute Gasteiger partial charge is 0.284 e. The molecule has 0 bridgehead atoms. The maximum Gasteiger partial charge on any atom is 0.242 e. The van der Waals surface area contributed by atoms with Crippen molar-refractivity contribution in [1.29, 1.82) is 0 Å². The van der Waals surface area contributed by atoms with E-state index in [0.717, 1.165) is 28.4 Å². The minimum atomic E-state index is -0.0688. The van der Waals surface area contributed by atoms with Gasteiger partial charge >= 0.3 is 0 Å². The topological polar surface area (TPSA) is 45.0 Å². The third kappa shape index (κ3) is 5.08. The molecule has 0 aliphatic carbocycles. The van der Waals surface area contributed by atoms with E-state index in [1.807, 2.05) is 36.4 Å². The molecule has 2 aromatic carbocycles. The summed E-state index contributed by atoms with van der Waals surface area (Å²) in [7, 11) is 0. The van der Waals surface area contributed by atoms with E-state index in [9.17, 15) is 4.79 Å². The zero-order valence-electron chi connectivity index (χ0n) is 15.4. The van der Waals surface area contributed by atoms with Gasteiger partial charge in [-0.05, 0) is 42.2 Å². The second kappa shape index (κ2) is 9.33. The number of rotatable bonds is 6. The van der Waals surface area contributed by atoms with Crippen molar-refractivity contribution in [3.63, 3.8) is 0 Å². The van der Waals surface area contributed by atoms with Crippen LogP contribution in [0.5, 0.6) is 0 Å². The fourth-order valence-electron chi connectivity index (χ4n) is 2.83. The maximum absolute atomic E-state index is 12.9. The molecule has 0 saturated carbocycles. The molecule has 0 N–H and O–H groups in total. The normalized spacial score (nSPS) is 18.8. The molecular weight excluding hydrogens is 422 g/mol. The first kappa shape index (κ1) is 19.8. The van der Waals surface area contributed by atoms with Gasteiger partial charge in [-0.25, -0.2) is 0 Å². The Hall–Kier alpha value is -1.92. The molecule has 1 fully saturated rings. The van der Waals surface area contributed by atoms with Gasteiger partial charge in [-0.1, -0.05) is 77.4 Å². The summed E-state index contributed by atoms with van der Waals surface area (Å²) in [5, 5.41) is 9.21. The third-order valence-electron chi connectivity index (χ3n) is 4.38. The Morgan fingerprint density at radius 3 is 2.63 bits per heavy atom. The molecule has 0 aromatic heterocycles. The highest BCUT2D eigenvalue weighted by Crippen LogP contribution is 2.32. The lowest BCUT2D eigenvalue weighted by atomic mass is 10.1. The Morgan fingerprint density at radius 2 is 1.93 bits per heavy atom. The molecule has 0 radical (unpaired) electrons. The Bertz CT molecular complexity index is 864.